The molecule has 0 saturated carbocycles. The molecule has 0 aliphatic carbocycles. The topological polar surface area (TPSA) is 71.3 Å². The Hall–Kier alpha value is -1.15. The van der Waals surface area contributed by atoms with E-state index in [1.54, 1.807) is 17.5 Å². The molecule has 0 atom stereocenters. The minimum Gasteiger partial charge on any atom is -0.472 e. The van der Waals surface area contributed by atoms with Gasteiger partial charge in [-0.1, -0.05) is 0 Å². The summed E-state index contributed by atoms with van der Waals surface area (Å²) in [6, 6.07) is 3.40. The van der Waals surface area contributed by atoms with Crippen LogP contribution in [-0.4, -0.2) is 15.5 Å². The van der Waals surface area contributed by atoms with Gasteiger partial charge in [-0.15, -0.1) is 11.3 Å². The van der Waals surface area contributed by atoms with Gasteiger partial charge in [-0.3, -0.25) is 0 Å². The van der Waals surface area contributed by atoms with Gasteiger partial charge in [0.25, 0.3) is 0 Å². The van der Waals surface area contributed by atoms with Crippen molar-refractivity contribution in [3.8, 4) is 0 Å². The average molecular weight is 286 g/mol. The molecule has 5 nitrogen and oxygen atoms in total. The lowest BCUT2D eigenvalue weighted by Crippen LogP contribution is -2.22. The standard InChI is InChI=1S/C11H14N2O3S2/c1-12-6-10-4-11(8-17-10)18(14,15)13-5-9-2-3-16-7-9/h2-4,7-8,12-13H,5-6H2,1H3. The van der Waals surface area contributed by atoms with Crippen LogP contribution in [0.1, 0.15) is 10.4 Å². The number of sulfonamides is 1. The molecule has 0 unspecified atom stereocenters. The second-order valence-electron chi connectivity index (χ2n) is 3.74. The van der Waals surface area contributed by atoms with Crippen molar-refractivity contribution < 1.29 is 12.8 Å². The van der Waals surface area contributed by atoms with E-state index >= 15 is 0 Å². The van der Waals surface area contributed by atoms with Gasteiger partial charge in [-0.05, 0) is 19.2 Å². The number of hydrogen-bond donors (Lipinski definition) is 2. The monoisotopic (exact) mass is 286 g/mol. The molecular weight excluding hydrogens is 272 g/mol. The Balaban J connectivity index is 2.05. The van der Waals surface area contributed by atoms with Crippen LogP contribution in [0.15, 0.2) is 39.4 Å². The molecule has 98 valence electrons. The van der Waals surface area contributed by atoms with Crippen molar-refractivity contribution in [2.75, 3.05) is 7.05 Å². The summed E-state index contributed by atoms with van der Waals surface area (Å²) in [6.07, 6.45) is 3.03. The molecular formula is C11H14N2O3S2. The van der Waals surface area contributed by atoms with Gasteiger partial charge in [0, 0.05) is 28.9 Å². The van der Waals surface area contributed by atoms with Gasteiger partial charge in [0.05, 0.1) is 17.4 Å². The first kappa shape index (κ1) is 13.3. The normalized spacial score (nSPS) is 11.8. The molecule has 0 bridgehead atoms. The Kier molecular flexibility index (Phi) is 4.18. The SMILES string of the molecule is CNCc1cc(S(=O)(=O)NCc2ccoc2)cs1. The fourth-order valence-corrected chi connectivity index (χ4v) is 3.73. The molecule has 0 aliphatic rings. The first-order chi connectivity index (χ1) is 8.62. The highest BCUT2D eigenvalue weighted by molar-refractivity contribution is 7.89. The third-order valence-electron chi connectivity index (χ3n) is 2.34. The summed E-state index contributed by atoms with van der Waals surface area (Å²) in [7, 11) is -1.62. The maximum atomic E-state index is 12.0. The van der Waals surface area contributed by atoms with Crippen LogP contribution in [0.3, 0.4) is 0 Å². The fourth-order valence-electron chi connectivity index (χ4n) is 1.42. The van der Waals surface area contributed by atoms with Gasteiger partial charge in [0.15, 0.2) is 0 Å². The highest BCUT2D eigenvalue weighted by atomic mass is 32.2. The van der Waals surface area contributed by atoms with E-state index in [4.69, 9.17) is 4.42 Å². The van der Waals surface area contributed by atoms with Crippen LogP contribution >= 0.6 is 11.3 Å². The lowest BCUT2D eigenvalue weighted by molar-refractivity contribution is 0.561. The van der Waals surface area contributed by atoms with Crippen molar-refractivity contribution in [1.82, 2.24) is 10.0 Å². The number of rotatable bonds is 6. The second-order valence-corrected chi connectivity index (χ2v) is 6.50. The molecule has 7 heteroatoms. The molecule has 2 aromatic heterocycles. The van der Waals surface area contributed by atoms with Crippen LogP contribution in [0, 0.1) is 0 Å². The lowest BCUT2D eigenvalue weighted by Gasteiger charge is -2.02. The summed E-state index contributed by atoms with van der Waals surface area (Å²) < 4.78 is 31.4. The fraction of sp³-hybridized carbons (Fsp3) is 0.273. The zero-order valence-electron chi connectivity index (χ0n) is 9.84. The first-order valence-electron chi connectivity index (χ1n) is 5.34. The molecule has 2 aromatic rings. The van der Waals surface area contributed by atoms with Crippen molar-refractivity contribution >= 4 is 21.4 Å². The van der Waals surface area contributed by atoms with Crippen molar-refractivity contribution in [1.29, 1.82) is 0 Å². The average Bonchev–Trinajstić information content (AvgIpc) is 2.98. The van der Waals surface area contributed by atoms with E-state index in [9.17, 15) is 8.42 Å². The third kappa shape index (κ3) is 3.20. The number of hydrogen-bond acceptors (Lipinski definition) is 5. The second kappa shape index (κ2) is 5.66. The molecule has 18 heavy (non-hydrogen) atoms. The Morgan fingerprint density at radius 3 is 2.89 bits per heavy atom. The van der Waals surface area contributed by atoms with Gasteiger partial charge < -0.3 is 9.73 Å². The van der Waals surface area contributed by atoms with Crippen molar-refractivity contribution in [3.63, 3.8) is 0 Å². The summed E-state index contributed by atoms with van der Waals surface area (Å²) >= 11 is 1.42. The smallest absolute Gasteiger partial charge is 0.241 e. The van der Waals surface area contributed by atoms with Gasteiger partial charge in [-0.25, -0.2) is 13.1 Å². The van der Waals surface area contributed by atoms with Crippen LogP contribution in [0.2, 0.25) is 0 Å². The maximum Gasteiger partial charge on any atom is 0.241 e. The van der Waals surface area contributed by atoms with E-state index < -0.39 is 10.0 Å². The summed E-state index contributed by atoms with van der Waals surface area (Å²) in [5.41, 5.74) is 0.796. The zero-order valence-corrected chi connectivity index (χ0v) is 11.5. The van der Waals surface area contributed by atoms with E-state index in [2.05, 4.69) is 10.0 Å². The number of nitrogens with one attached hydrogen (secondary N) is 2. The predicted octanol–water partition coefficient (Wildman–Crippen LogP) is 1.54. The van der Waals surface area contributed by atoms with Crippen molar-refractivity contribution in [2.45, 2.75) is 18.0 Å². The van der Waals surface area contributed by atoms with Gasteiger partial charge in [-0.2, -0.15) is 0 Å². The molecule has 2 rings (SSSR count). The molecule has 2 heterocycles. The molecule has 0 spiro atoms. The van der Waals surface area contributed by atoms with Gasteiger partial charge >= 0.3 is 0 Å². The highest BCUT2D eigenvalue weighted by Crippen LogP contribution is 2.19. The molecule has 0 aliphatic heterocycles. The molecule has 0 saturated heterocycles. The maximum absolute atomic E-state index is 12.0. The minimum absolute atomic E-state index is 0.232. The van der Waals surface area contributed by atoms with Crippen LogP contribution < -0.4 is 10.0 Å². The molecule has 0 amide bonds. The van der Waals surface area contributed by atoms with Crippen LogP contribution in [0.25, 0.3) is 0 Å². The number of furan rings is 1. The summed E-state index contributed by atoms with van der Waals surface area (Å²) in [6.45, 7) is 0.901. The molecule has 0 radical (unpaired) electrons. The molecule has 2 N–H and O–H groups in total. The minimum atomic E-state index is -3.44. The summed E-state index contributed by atoms with van der Waals surface area (Å²) in [5.74, 6) is 0. The predicted molar refractivity (Wildman–Crippen MR) is 69.8 cm³/mol. The Morgan fingerprint density at radius 1 is 1.39 bits per heavy atom. The first-order valence-corrected chi connectivity index (χ1v) is 7.71. The zero-order chi connectivity index (χ0) is 13.0. The van der Waals surface area contributed by atoms with Crippen molar-refractivity contribution in [3.05, 3.63) is 40.5 Å². The Morgan fingerprint density at radius 2 is 2.22 bits per heavy atom. The lowest BCUT2D eigenvalue weighted by atomic mass is 10.4. The molecule has 0 aromatic carbocycles. The van der Waals surface area contributed by atoms with E-state index in [-0.39, 0.29) is 6.54 Å². The third-order valence-corrected chi connectivity index (χ3v) is 4.80. The van der Waals surface area contributed by atoms with Gasteiger partial charge in [0.2, 0.25) is 10.0 Å². The van der Waals surface area contributed by atoms with Crippen molar-refractivity contribution in [2.24, 2.45) is 0 Å². The summed E-state index contributed by atoms with van der Waals surface area (Å²) in [5, 5.41) is 4.63. The Bertz CT molecular complexity index is 588. The van der Waals surface area contributed by atoms with Crippen LogP contribution in [0.4, 0.5) is 0 Å². The van der Waals surface area contributed by atoms with Gasteiger partial charge in [0.1, 0.15) is 0 Å². The largest absolute Gasteiger partial charge is 0.472 e. The van der Waals surface area contributed by atoms with Crippen LogP contribution in [-0.2, 0) is 23.1 Å². The van der Waals surface area contributed by atoms with E-state index in [1.807, 2.05) is 7.05 Å². The highest BCUT2D eigenvalue weighted by Gasteiger charge is 2.15. The number of thiophene rings is 1. The van der Waals surface area contributed by atoms with Crippen LogP contribution in [0.5, 0.6) is 0 Å². The summed E-state index contributed by atoms with van der Waals surface area (Å²) in [4.78, 5) is 1.29. The van der Waals surface area contributed by atoms with E-state index in [0.717, 1.165) is 10.4 Å². The molecule has 0 fully saturated rings. The van der Waals surface area contributed by atoms with E-state index in [1.165, 1.54) is 23.9 Å². The van der Waals surface area contributed by atoms with E-state index in [0.29, 0.717) is 11.4 Å². The quantitative estimate of drug-likeness (QED) is 0.845. The Labute approximate surface area is 110 Å².